The van der Waals surface area contributed by atoms with Crippen LogP contribution in [0.2, 0.25) is 0 Å². The summed E-state index contributed by atoms with van der Waals surface area (Å²) in [6.45, 7) is 0.371. The van der Waals surface area contributed by atoms with Crippen molar-refractivity contribution in [2.24, 2.45) is 5.92 Å². The van der Waals surface area contributed by atoms with E-state index in [1.165, 1.54) is 14.0 Å². The predicted octanol–water partition coefficient (Wildman–Crippen LogP) is 0.947. The Morgan fingerprint density at radius 1 is 1.54 bits per heavy atom. The number of nitrogens with one attached hydrogen (secondary N) is 1. The van der Waals surface area contributed by atoms with Crippen molar-refractivity contribution in [1.82, 2.24) is 5.32 Å². The van der Waals surface area contributed by atoms with E-state index in [-0.39, 0.29) is 6.54 Å². The van der Waals surface area contributed by atoms with E-state index in [2.05, 4.69) is 10.1 Å². The van der Waals surface area contributed by atoms with Gasteiger partial charge in [-0.1, -0.05) is 6.92 Å². The quantitative estimate of drug-likeness (QED) is 0.685. The monoisotopic (exact) mass is 199 g/mol. The molecule has 0 radical (unpaired) electrons. The van der Waals surface area contributed by atoms with Gasteiger partial charge in [-0.3, -0.25) is 4.79 Å². The Labute approximate surface area is 74.3 Å². The van der Waals surface area contributed by atoms with Gasteiger partial charge in [0.1, 0.15) is 0 Å². The number of ether oxygens (including phenoxy) is 1. The zero-order chi connectivity index (χ0) is 10.5. The molecule has 1 atom stereocenters. The molecule has 0 saturated heterocycles. The first-order valence-electron chi connectivity index (χ1n) is 3.72. The highest BCUT2D eigenvalue weighted by Gasteiger charge is 2.27. The van der Waals surface area contributed by atoms with Crippen LogP contribution in [0.3, 0.4) is 0 Å². The third-order valence-electron chi connectivity index (χ3n) is 1.38. The van der Waals surface area contributed by atoms with E-state index in [1.807, 2.05) is 0 Å². The van der Waals surface area contributed by atoms with Crippen LogP contribution in [0.15, 0.2) is 0 Å². The van der Waals surface area contributed by atoms with Crippen molar-refractivity contribution in [2.75, 3.05) is 20.2 Å². The topological polar surface area (TPSA) is 38.3 Å². The summed E-state index contributed by atoms with van der Waals surface area (Å²) >= 11 is 0. The highest BCUT2D eigenvalue weighted by molar-refractivity contribution is 5.71. The third kappa shape index (κ3) is 6.39. The molecule has 1 N–H and O–H groups in total. The van der Waals surface area contributed by atoms with Gasteiger partial charge in [0.2, 0.25) is 0 Å². The Kier molecular flexibility index (Phi) is 4.76. The number of rotatable bonds is 4. The van der Waals surface area contributed by atoms with Crippen molar-refractivity contribution in [1.29, 1.82) is 0 Å². The Morgan fingerprint density at radius 2 is 2.08 bits per heavy atom. The summed E-state index contributed by atoms with van der Waals surface area (Å²) in [6.07, 6.45) is -4.24. The van der Waals surface area contributed by atoms with Gasteiger partial charge in [-0.2, -0.15) is 13.2 Å². The standard InChI is InChI=1S/C7H12F3NO2/c1-5(6(12)13-2)3-11-4-7(8,9)10/h5,11H,3-4H2,1-2H3. The van der Waals surface area contributed by atoms with E-state index in [1.54, 1.807) is 0 Å². The number of halogens is 3. The van der Waals surface area contributed by atoms with Gasteiger partial charge in [0.05, 0.1) is 19.6 Å². The SMILES string of the molecule is COC(=O)C(C)CNCC(F)(F)F. The Hall–Kier alpha value is -0.780. The van der Waals surface area contributed by atoms with Crippen molar-refractivity contribution in [2.45, 2.75) is 13.1 Å². The molecule has 3 nitrogen and oxygen atoms in total. The highest BCUT2D eigenvalue weighted by Crippen LogP contribution is 2.12. The first-order valence-corrected chi connectivity index (χ1v) is 3.72. The van der Waals surface area contributed by atoms with Crippen LogP contribution >= 0.6 is 0 Å². The average molecular weight is 199 g/mol. The number of hydrogen-bond donors (Lipinski definition) is 1. The Balaban J connectivity index is 3.59. The molecule has 78 valence electrons. The van der Waals surface area contributed by atoms with Crippen LogP contribution in [0.5, 0.6) is 0 Å². The molecule has 0 aliphatic heterocycles. The Morgan fingerprint density at radius 3 is 2.46 bits per heavy atom. The number of carbonyl (C=O) groups is 1. The zero-order valence-electron chi connectivity index (χ0n) is 7.44. The van der Waals surface area contributed by atoms with Crippen LogP contribution in [0, 0.1) is 5.92 Å². The van der Waals surface area contributed by atoms with Crippen molar-refractivity contribution < 1.29 is 22.7 Å². The van der Waals surface area contributed by atoms with Crippen LogP contribution < -0.4 is 5.32 Å². The van der Waals surface area contributed by atoms with E-state index >= 15 is 0 Å². The fraction of sp³-hybridized carbons (Fsp3) is 0.857. The maximum absolute atomic E-state index is 11.6. The maximum Gasteiger partial charge on any atom is 0.401 e. The lowest BCUT2D eigenvalue weighted by Crippen LogP contribution is -2.34. The Bertz CT molecular complexity index is 170. The van der Waals surface area contributed by atoms with Crippen molar-refractivity contribution in [3.63, 3.8) is 0 Å². The average Bonchev–Trinajstić information content (AvgIpc) is 2.00. The second kappa shape index (κ2) is 5.06. The molecule has 0 aromatic heterocycles. The molecule has 0 aromatic rings. The third-order valence-corrected chi connectivity index (χ3v) is 1.38. The van der Waals surface area contributed by atoms with E-state index in [9.17, 15) is 18.0 Å². The van der Waals surface area contributed by atoms with Gasteiger partial charge in [-0.25, -0.2) is 0 Å². The van der Waals surface area contributed by atoms with E-state index < -0.39 is 24.6 Å². The molecule has 0 aliphatic carbocycles. The fourth-order valence-electron chi connectivity index (χ4n) is 0.715. The molecule has 0 heterocycles. The van der Waals surface area contributed by atoms with E-state index in [0.717, 1.165) is 0 Å². The van der Waals surface area contributed by atoms with E-state index in [4.69, 9.17) is 0 Å². The van der Waals surface area contributed by atoms with Gasteiger partial charge < -0.3 is 10.1 Å². The molecule has 0 saturated carbocycles. The second-order valence-corrected chi connectivity index (χ2v) is 2.67. The number of alkyl halides is 3. The molecule has 0 bridgehead atoms. The van der Waals surface area contributed by atoms with Crippen molar-refractivity contribution >= 4 is 5.97 Å². The van der Waals surface area contributed by atoms with Crippen LogP contribution in [0.25, 0.3) is 0 Å². The van der Waals surface area contributed by atoms with Gasteiger partial charge in [0, 0.05) is 6.54 Å². The molecule has 0 fully saturated rings. The van der Waals surface area contributed by atoms with Crippen molar-refractivity contribution in [3.05, 3.63) is 0 Å². The summed E-state index contributed by atoms with van der Waals surface area (Å²) in [6, 6.07) is 0. The van der Waals surface area contributed by atoms with Gasteiger partial charge in [0.25, 0.3) is 0 Å². The van der Waals surface area contributed by atoms with E-state index in [0.29, 0.717) is 0 Å². The van der Waals surface area contributed by atoms with Gasteiger partial charge in [-0.15, -0.1) is 0 Å². The normalized spacial score (nSPS) is 13.9. The largest absolute Gasteiger partial charge is 0.469 e. The minimum absolute atomic E-state index is 0.0355. The lowest BCUT2D eigenvalue weighted by Gasteiger charge is -2.11. The lowest BCUT2D eigenvalue weighted by molar-refractivity contribution is -0.145. The molecule has 0 amide bonds. The zero-order valence-corrected chi connectivity index (χ0v) is 7.44. The summed E-state index contributed by atoms with van der Waals surface area (Å²) in [7, 11) is 1.20. The van der Waals surface area contributed by atoms with Crippen LogP contribution in [-0.2, 0) is 9.53 Å². The fourth-order valence-corrected chi connectivity index (χ4v) is 0.715. The molecule has 0 aromatic carbocycles. The molecular weight excluding hydrogens is 187 g/mol. The second-order valence-electron chi connectivity index (χ2n) is 2.67. The summed E-state index contributed by atoms with van der Waals surface area (Å²) in [5.74, 6) is -1.08. The molecule has 13 heavy (non-hydrogen) atoms. The lowest BCUT2D eigenvalue weighted by atomic mass is 10.2. The summed E-state index contributed by atoms with van der Waals surface area (Å²) in [4.78, 5) is 10.7. The van der Waals surface area contributed by atoms with Gasteiger partial charge in [-0.05, 0) is 0 Å². The van der Waals surface area contributed by atoms with Crippen LogP contribution in [-0.4, -0.2) is 32.3 Å². The minimum atomic E-state index is -4.24. The first-order chi connectivity index (χ1) is 5.87. The summed E-state index contributed by atoms with van der Waals surface area (Å²) in [5.41, 5.74) is 0. The molecule has 0 rings (SSSR count). The smallest absolute Gasteiger partial charge is 0.401 e. The summed E-state index contributed by atoms with van der Waals surface area (Å²) in [5, 5.41) is 2.11. The maximum atomic E-state index is 11.6. The molecule has 6 heteroatoms. The highest BCUT2D eigenvalue weighted by atomic mass is 19.4. The molecule has 0 aliphatic rings. The van der Waals surface area contributed by atoms with Crippen molar-refractivity contribution in [3.8, 4) is 0 Å². The number of esters is 1. The number of carbonyl (C=O) groups excluding carboxylic acids is 1. The van der Waals surface area contributed by atoms with Crippen LogP contribution in [0.1, 0.15) is 6.92 Å². The number of hydrogen-bond acceptors (Lipinski definition) is 3. The first kappa shape index (κ1) is 12.2. The minimum Gasteiger partial charge on any atom is -0.469 e. The molecule has 1 unspecified atom stereocenters. The molecular formula is C7H12F3NO2. The van der Waals surface area contributed by atoms with Crippen LogP contribution in [0.4, 0.5) is 13.2 Å². The van der Waals surface area contributed by atoms with Gasteiger partial charge >= 0.3 is 12.1 Å². The predicted molar refractivity (Wildman–Crippen MR) is 40.1 cm³/mol. The van der Waals surface area contributed by atoms with Gasteiger partial charge in [0.15, 0.2) is 0 Å². The summed E-state index contributed by atoms with van der Waals surface area (Å²) < 4.78 is 39.2. The molecule has 0 spiro atoms. The number of methoxy groups -OCH3 is 1.